The Labute approximate surface area is 119 Å². The average Bonchev–Trinajstić information content (AvgIpc) is 2.48. The topological polar surface area (TPSA) is 109 Å². The number of phenols is 1. The summed E-state index contributed by atoms with van der Waals surface area (Å²) in [7, 11) is 1.38. The Morgan fingerprint density at radius 2 is 2.00 bits per heavy atom. The Morgan fingerprint density at radius 1 is 1.24 bits per heavy atom. The lowest BCUT2D eigenvalue weighted by atomic mass is 10.1. The minimum atomic E-state index is -1.11. The summed E-state index contributed by atoms with van der Waals surface area (Å²) >= 11 is 0. The second-order valence-electron chi connectivity index (χ2n) is 4.05. The fourth-order valence-corrected chi connectivity index (χ4v) is 1.65. The molecule has 1 heterocycles. The van der Waals surface area contributed by atoms with Gasteiger partial charge in [0.25, 0.3) is 5.91 Å². The van der Waals surface area contributed by atoms with Crippen LogP contribution in [0.2, 0.25) is 0 Å². The Balaban J connectivity index is 2.20. The van der Waals surface area contributed by atoms with Crippen LogP contribution in [0.3, 0.4) is 0 Å². The van der Waals surface area contributed by atoms with Crippen molar-refractivity contribution in [1.82, 2.24) is 4.98 Å². The number of carboxylic acids is 1. The number of anilines is 1. The lowest BCUT2D eigenvalue weighted by Crippen LogP contribution is -2.13. The van der Waals surface area contributed by atoms with Gasteiger partial charge in [0, 0.05) is 6.20 Å². The number of aromatic hydroxyl groups is 1. The largest absolute Gasteiger partial charge is 0.504 e. The molecule has 1 aromatic carbocycles. The second-order valence-corrected chi connectivity index (χ2v) is 4.05. The highest BCUT2D eigenvalue weighted by atomic mass is 16.5. The van der Waals surface area contributed by atoms with Crippen molar-refractivity contribution in [1.29, 1.82) is 0 Å². The zero-order valence-corrected chi connectivity index (χ0v) is 11.0. The van der Waals surface area contributed by atoms with E-state index in [9.17, 15) is 14.7 Å². The van der Waals surface area contributed by atoms with Gasteiger partial charge in [-0.1, -0.05) is 6.07 Å². The summed E-state index contributed by atoms with van der Waals surface area (Å²) in [6.45, 7) is 0. The third-order valence-electron chi connectivity index (χ3n) is 2.72. The number of para-hydroxylation sites is 1. The number of hydrogen-bond donors (Lipinski definition) is 3. The number of hydrogen-bond acceptors (Lipinski definition) is 5. The van der Waals surface area contributed by atoms with E-state index >= 15 is 0 Å². The van der Waals surface area contributed by atoms with Crippen molar-refractivity contribution in [2.24, 2.45) is 0 Å². The Bertz CT molecular complexity index is 682. The molecule has 0 spiro atoms. The molecule has 0 aliphatic heterocycles. The van der Waals surface area contributed by atoms with Gasteiger partial charge >= 0.3 is 5.97 Å². The van der Waals surface area contributed by atoms with E-state index < -0.39 is 11.9 Å². The van der Waals surface area contributed by atoms with Gasteiger partial charge in [-0.2, -0.15) is 0 Å². The molecule has 0 aliphatic rings. The van der Waals surface area contributed by atoms with Gasteiger partial charge in [0.1, 0.15) is 5.82 Å². The molecule has 0 saturated carbocycles. The summed E-state index contributed by atoms with van der Waals surface area (Å²) in [5.41, 5.74) is 0.0377. The van der Waals surface area contributed by atoms with Crippen LogP contribution in [-0.2, 0) is 0 Å². The molecule has 2 aromatic rings. The van der Waals surface area contributed by atoms with E-state index in [0.29, 0.717) is 0 Å². The van der Waals surface area contributed by atoms with Crippen LogP contribution in [0, 0.1) is 0 Å². The Hall–Kier alpha value is -3.09. The fourth-order valence-electron chi connectivity index (χ4n) is 1.65. The number of nitrogens with zero attached hydrogens (tertiary/aromatic N) is 1. The third-order valence-corrected chi connectivity index (χ3v) is 2.72. The monoisotopic (exact) mass is 288 g/mol. The molecule has 0 bridgehead atoms. The molecule has 0 atom stereocenters. The van der Waals surface area contributed by atoms with Crippen molar-refractivity contribution in [3.05, 3.63) is 47.7 Å². The van der Waals surface area contributed by atoms with Gasteiger partial charge < -0.3 is 20.3 Å². The maximum absolute atomic E-state index is 12.0. The van der Waals surface area contributed by atoms with Crippen LogP contribution in [-0.4, -0.2) is 34.2 Å². The molecule has 7 heteroatoms. The first-order valence-electron chi connectivity index (χ1n) is 5.89. The molecule has 7 nitrogen and oxygen atoms in total. The lowest BCUT2D eigenvalue weighted by Gasteiger charge is -2.09. The van der Waals surface area contributed by atoms with E-state index in [0.717, 1.165) is 6.20 Å². The number of phenolic OH excluding ortho intramolecular Hbond substituents is 1. The second kappa shape index (κ2) is 5.91. The summed E-state index contributed by atoms with van der Waals surface area (Å²) in [6.07, 6.45) is 1.13. The van der Waals surface area contributed by atoms with Gasteiger partial charge in [-0.05, 0) is 24.3 Å². The number of ether oxygens (including phenoxy) is 1. The molecule has 0 aliphatic carbocycles. The van der Waals surface area contributed by atoms with Crippen LogP contribution in [0.4, 0.5) is 5.82 Å². The van der Waals surface area contributed by atoms with E-state index in [-0.39, 0.29) is 28.4 Å². The number of aromatic carboxylic acids is 1. The highest BCUT2D eigenvalue weighted by Crippen LogP contribution is 2.29. The highest BCUT2D eigenvalue weighted by molar-refractivity contribution is 6.06. The molecule has 108 valence electrons. The van der Waals surface area contributed by atoms with Crippen LogP contribution in [0.25, 0.3) is 0 Å². The van der Waals surface area contributed by atoms with Crippen molar-refractivity contribution in [3.63, 3.8) is 0 Å². The molecule has 0 radical (unpaired) electrons. The van der Waals surface area contributed by atoms with Crippen molar-refractivity contribution in [2.45, 2.75) is 0 Å². The van der Waals surface area contributed by atoms with E-state index in [4.69, 9.17) is 9.84 Å². The number of carboxylic acid groups (broad SMARTS) is 1. The van der Waals surface area contributed by atoms with Gasteiger partial charge in [0.15, 0.2) is 11.5 Å². The number of aromatic nitrogens is 1. The SMILES string of the molecule is COc1cccc(C(=O)Nc2ccc(C(=O)O)cn2)c1O. The van der Waals surface area contributed by atoms with E-state index in [1.807, 2.05) is 0 Å². The molecule has 0 unspecified atom stereocenters. The summed E-state index contributed by atoms with van der Waals surface area (Å²) in [5.74, 6) is -1.61. The maximum Gasteiger partial charge on any atom is 0.337 e. The molecular formula is C14H12N2O5. The quantitative estimate of drug-likeness (QED) is 0.790. The minimum absolute atomic E-state index is 0.0113. The normalized spacial score (nSPS) is 9.95. The predicted octanol–water partition coefficient (Wildman–Crippen LogP) is 1.75. The van der Waals surface area contributed by atoms with Crippen molar-refractivity contribution < 1.29 is 24.5 Å². The van der Waals surface area contributed by atoms with Crippen molar-refractivity contribution in [2.75, 3.05) is 12.4 Å². The lowest BCUT2D eigenvalue weighted by molar-refractivity contribution is 0.0696. The maximum atomic E-state index is 12.0. The number of carbonyl (C=O) groups excluding carboxylic acids is 1. The molecule has 1 amide bonds. The molecule has 0 saturated heterocycles. The van der Waals surface area contributed by atoms with E-state index in [1.54, 1.807) is 6.07 Å². The van der Waals surface area contributed by atoms with Gasteiger partial charge in [0.2, 0.25) is 0 Å². The first kappa shape index (κ1) is 14.3. The van der Waals surface area contributed by atoms with Gasteiger partial charge in [-0.15, -0.1) is 0 Å². The van der Waals surface area contributed by atoms with Crippen LogP contribution >= 0.6 is 0 Å². The number of carbonyl (C=O) groups is 2. The minimum Gasteiger partial charge on any atom is -0.504 e. The molecule has 1 aromatic heterocycles. The smallest absolute Gasteiger partial charge is 0.337 e. The number of amides is 1. The number of pyridine rings is 1. The molecule has 21 heavy (non-hydrogen) atoms. The Kier molecular flexibility index (Phi) is 4.03. The van der Waals surface area contributed by atoms with Gasteiger partial charge in [0.05, 0.1) is 18.2 Å². The van der Waals surface area contributed by atoms with Crippen molar-refractivity contribution in [3.8, 4) is 11.5 Å². The molecule has 2 rings (SSSR count). The summed E-state index contributed by atoms with van der Waals surface area (Å²) in [4.78, 5) is 26.5. The first-order valence-corrected chi connectivity index (χ1v) is 5.89. The summed E-state index contributed by atoms with van der Waals surface area (Å²) < 4.78 is 4.92. The number of benzene rings is 1. The average molecular weight is 288 g/mol. The zero-order chi connectivity index (χ0) is 15.4. The number of rotatable bonds is 4. The fraction of sp³-hybridized carbons (Fsp3) is 0.0714. The van der Waals surface area contributed by atoms with Crippen LogP contribution in [0.5, 0.6) is 11.5 Å². The summed E-state index contributed by atoms with van der Waals surface area (Å²) in [5, 5.41) is 21.1. The van der Waals surface area contributed by atoms with Gasteiger partial charge in [-0.25, -0.2) is 9.78 Å². The standard InChI is InChI=1S/C14H12N2O5/c1-21-10-4-2-3-9(12(10)17)13(18)16-11-6-5-8(7-15-11)14(19)20/h2-7,17H,1H3,(H,19,20)(H,15,16,18). The highest BCUT2D eigenvalue weighted by Gasteiger charge is 2.15. The number of nitrogens with one attached hydrogen (secondary N) is 1. The Morgan fingerprint density at radius 3 is 2.57 bits per heavy atom. The van der Waals surface area contributed by atoms with Crippen molar-refractivity contribution >= 4 is 17.7 Å². The van der Waals surface area contributed by atoms with Gasteiger partial charge in [-0.3, -0.25) is 4.79 Å². The van der Waals surface area contributed by atoms with E-state index in [1.165, 1.54) is 31.4 Å². The zero-order valence-electron chi connectivity index (χ0n) is 11.0. The van der Waals surface area contributed by atoms with Crippen LogP contribution < -0.4 is 10.1 Å². The van der Waals surface area contributed by atoms with Crippen LogP contribution in [0.15, 0.2) is 36.5 Å². The summed E-state index contributed by atoms with van der Waals surface area (Å²) in [6, 6.07) is 7.19. The third kappa shape index (κ3) is 3.08. The molecular weight excluding hydrogens is 276 g/mol. The first-order chi connectivity index (χ1) is 10.0. The van der Waals surface area contributed by atoms with E-state index in [2.05, 4.69) is 10.3 Å². The molecule has 3 N–H and O–H groups in total. The predicted molar refractivity (Wildman–Crippen MR) is 73.8 cm³/mol. The van der Waals surface area contributed by atoms with Crippen LogP contribution in [0.1, 0.15) is 20.7 Å². The number of methoxy groups -OCH3 is 1. The molecule has 0 fully saturated rings.